The second-order valence-corrected chi connectivity index (χ2v) is 4.20. The summed E-state index contributed by atoms with van der Waals surface area (Å²) in [6.45, 7) is 0.360. The molecule has 3 N–H and O–H groups in total. The average Bonchev–Trinajstić information content (AvgIpc) is 2.01. The van der Waals surface area contributed by atoms with E-state index in [0.29, 0.717) is 12.1 Å². The fourth-order valence-corrected chi connectivity index (χ4v) is 1.66. The van der Waals surface area contributed by atoms with Gasteiger partial charge in [-0.1, -0.05) is 24.3 Å². The van der Waals surface area contributed by atoms with Crippen molar-refractivity contribution in [2.45, 2.75) is 12.3 Å². The van der Waals surface area contributed by atoms with Crippen LogP contribution in [0.4, 0.5) is 0 Å². The maximum atomic E-state index is 10.5. The summed E-state index contributed by atoms with van der Waals surface area (Å²) in [5.41, 5.74) is 6.77. The maximum absolute atomic E-state index is 10.5. The van der Waals surface area contributed by atoms with Gasteiger partial charge in [0.1, 0.15) is 5.75 Å². The van der Waals surface area contributed by atoms with E-state index >= 15 is 0 Å². The Hall–Kier alpha value is -0.910. The minimum absolute atomic E-state index is 0.360. The van der Waals surface area contributed by atoms with Crippen molar-refractivity contribution in [1.82, 2.24) is 0 Å². The summed E-state index contributed by atoms with van der Waals surface area (Å²) in [5, 5.41) is 0. The molecule has 0 saturated carbocycles. The lowest BCUT2D eigenvalue weighted by Crippen LogP contribution is -2.03. The van der Waals surface area contributed by atoms with Crippen LogP contribution in [0.2, 0.25) is 0 Å². The fraction of sp³-hybridized carbons (Fsp3) is 0.250. The van der Waals surface area contributed by atoms with E-state index in [-0.39, 0.29) is 5.75 Å². The Kier molecular flexibility index (Phi) is 3.02. The van der Waals surface area contributed by atoms with E-state index in [4.69, 9.17) is 10.3 Å². The highest BCUT2D eigenvalue weighted by molar-refractivity contribution is 7.85. The molecule has 0 unspecified atom stereocenters. The Morgan fingerprint density at radius 3 is 2.46 bits per heavy atom. The van der Waals surface area contributed by atoms with Crippen molar-refractivity contribution in [2.24, 2.45) is 5.73 Å². The molecule has 0 aliphatic rings. The molecule has 0 amide bonds. The highest BCUT2D eigenvalue weighted by Gasteiger charge is 2.06. The molecule has 0 aromatic heterocycles. The zero-order valence-electron chi connectivity index (χ0n) is 6.97. The molecular formula is C8H11NO3S. The highest BCUT2D eigenvalue weighted by atomic mass is 32.2. The summed E-state index contributed by atoms with van der Waals surface area (Å²) in [6.07, 6.45) is 0. The van der Waals surface area contributed by atoms with E-state index < -0.39 is 10.1 Å². The summed E-state index contributed by atoms with van der Waals surface area (Å²) in [6, 6.07) is 6.80. The van der Waals surface area contributed by atoms with Gasteiger partial charge in [0.2, 0.25) is 0 Å². The van der Waals surface area contributed by atoms with Crippen molar-refractivity contribution in [3.63, 3.8) is 0 Å². The third kappa shape index (κ3) is 3.54. The van der Waals surface area contributed by atoms with Crippen LogP contribution in [0.5, 0.6) is 0 Å². The Bertz CT molecular complexity index is 386. The number of rotatable bonds is 3. The Balaban J connectivity index is 2.90. The Labute approximate surface area is 77.1 Å². The van der Waals surface area contributed by atoms with Crippen molar-refractivity contribution < 1.29 is 13.0 Å². The van der Waals surface area contributed by atoms with E-state index in [2.05, 4.69) is 0 Å². The number of hydrogen-bond donors (Lipinski definition) is 2. The van der Waals surface area contributed by atoms with Crippen molar-refractivity contribution >= 4 is 10.1 Å². The van der Waals surface area contributed by atoms with Gasteiger partial charge >= 0.3 is 0 Å². The van der Waals surface area contributed by atoms with Gasteiger partial charge in [0.15, 0.2) is 0 Å². The molecule has 0 atom stereocenters. The topological polar surface area (TPSA) is 80.4 Å². The van der Waals surface area contributed by atoms with E-state index in [0.717, 1.165) is 5.56 Å². The molecular weight excluding hydrogens is 190 g/mol. The minimum atomic E-state index is -3.94. The minimum Gasteiger partial charge on any atom is -0.326 e. The van der Waals surface area contributed by atoms with Gasteiger partial charge in [0.25, 0.3) is 10.1 Å². The number of hydrogen-bond acceptors (Lipinski definition) is 3. The zero-order valence-corrected chi connectivity index (χ0v) is 7.79. The normalized spacial score (nSPS) is 11.5. The lowest BCUT2D eigenvalue weighted by Gasteiger charge is -2.00. The first-order valence-corrected chi connectivity index (χ1v) is 5.35. The zero-order chi connectivity index (χ0) is 9.90. The van der Waals surface area contributed by atoms with Crippen molar-refractivity contribution in [3.8, 4) is 0 Å². The quantitative estimate of drug-likeness (QED) is 0.699. The lowest BCUT2D eigenvalue weighted by atomic mass is 10.1. The second-order valence-electron chi connectivity index (χ2n) is 2.75. The monoisotopic (exact) mass is 201 g/mol. The van der Waals surface area contributed by atoms with E-state index in [1.165, 1.54) is 0 Å². The van der Waals surface area contributed by atoms with Crippen LogP contribution in [0.25, 0.3) is 0 Å². The first kappa shape index (κ1) is 10.2. The van der Waals surface area contributed by atoms with Crippen molar-refractivity contribution in [3.05, 3.63) is 35.4 Å². The Morgan fingerprint density at radius 2 is 1.92 bits per heavy atom. The largest absolute Gasteiger partial charge is 0.326 e. The molecule has 1 aromatic carbocycles. The molecule has 5 heteroatoms. The van der Waals surface area contributed by atoms with Gasteiger partial charge in [-0.15, -0.1) is 0 Å². The van der Waals surface area contributed by atoms with Crippen LogP contribution in [0, 0.1) is 0 Å². The summed E-state index contributed by atoms with van der Waals surface area (Å²) >= 11 is 0. The Morgan fingerprint density at radius 1 is 1.31 bits per heavy atom. The number of benzene rings is 1. The van der Waals surface area contributed by atoms with Crippen LogP contribution in [-0.4, -0.2) is 13.0 Å². The summed E-state index contributed by atoms with van der Waals surface area (Å²) in [7, 11) is -3.94. The summed E-state index contributed by atoms with van der Waals surface area (Å²) < 4.78 is 29.6. The first-order chi connectivity index (χ1) is 6.01. The van der Waals surface area contributed by atoms with Gasteiger partial charge in [-0.3, -0.25) is 4.55 Å². The molecule has 0 aliphatic carbocycles. The summed E-state index contributed by atoms with van der Waals surface area (Å²) in [4.78, 5) is 0. The molecule has 0 spiro atoms. The van der Waals surface area contributed by atoms with Gasteiger partial charge in [-0.05, 0) is 11.1 Å². The summed E-state index contributed by atoms with van der Waals surface area (Å²) in [5.74, 6) is -0.360. The lowest BCUT2D eigenvalue weighted by molar-refractivity contribution is 0.482. The van der Waals surface area contributed by atoms with Crippen LogP contribution in [0.3, 0.4) is 0 Å². The van der Waals surface area contributed by atoms with Crippen LogP contribution in [0.1, 0.15) is 11.1 Å². The first-order valence-electron chi connectivity index (χ1n) is 3.74. The van der Waals surface area contributed by atoms with E-state index in [1.54, 1.807) is 24.3 Å². The molecule has 72 valence electrons. The van der Waals surface area contributed by atoms with Crippen molar-refractivity contribution in [2.75, 3.05) is 0 Å². The van der Waals surface area contributed by atoms with Gasteiger partial charge < -0.3 is 5.73 Å². The van der Waals surface area contributed by atoms with Crippen LogP contribution < -0.4 is 5.73 Å². The van der Waals surface area contributed by atoms with E-state index in [9.17, 15) is 8.42 Å². The highest BCUT2D eigenvalue weighted by Crippen LogP contribution is 2.07. The van der Waals surface area contributed by atoms with Crippen LogP contribution in [0.15, 0.2) is 24.3 Å². The molecule has 0 heterocycles. The van der Waals surface area contributed by atoms with Crippen molar-refractivity contribution in [1.29, 1.82) is 0 Å². The molecule has 1 aromatic rings. The van der Waals surface area contributed by atoms with E-state index in [1.807, 2.05) is 0 Å². The molecule has 0 saturated heterocycles. The molecule has 1 rings (SSSR count). The molecule has 0 aliphatic heterocycles. The average molecular weight is 201 g/mol. The number of nitrogens with two attached hydrogens (primary N) is 1. The predicted molar refractivity (Wildman–Crippen MR) is 49.6 cm³/mol. The predicted octanol–water partition coefficient (Wildman–Crippen LogP) is 0.533. The molecule has 0 fully saturated rings. The smallest absolute Gasteiger partial charge is 0.269 e. The maximum Gasteiger partial charge on any atom is 0.269 e. The van der Waals surface area contributed by atoms with Gasteiger partial charge in [-0.2, -0.15) is 8.42 Å². The SMILES string of the molecule is NCc1cccc(CS(=O)(=O)O)c1. The molecule has 4 nitrogen and oxygen atoms in total. The third-order valence-corrected chi connectivity index (χ3v) is 2.27. The van der Waals surface area contributed by atoms with Crippen LogP contribution >= 0.6 is 0 Å². The fourth-order valence-electron chi connectivity index (χ4n) is 1.06. The standard InChI is InChI=1S/C8H11NO3S/c9-5-7-2-1-3-8(4-7)6-13(10,11)12/h1-4H,5-6,9H2,(H,10,11,12). The molecule has 13 heavy (non-hydrogen) atoms. The van der Waals surface area contributed by atoms with Gasteiger partial charge in [0, 0.05) is 6.54 Å². The molecule has 0 radical (unpaired) electrons. The third-order valence-electron chi connectivity index (χ3n) is 1.58. The van der Waals surface area contributed by atoms with Crippen LogP contribution in [-0.2, 0) is 22.4 Å². The van der Waals surface area contributed by atoms with Gasteiger partial charge in [-0.25, -0.2) is 0 Å². The molecule has 0 bridgehead atoms. The van der Waals surface area contributed by atoms with Gasteiger partial charge in [0.05, 0.1) is 0 Å². The second kappa shape index (κ2) is 3.87.